The molecule has 0 saturated carbocycles. The van der Waals surface area contributed by atoms with E-state index in [0.717, 1.165) is 29.2 Å². The molecule has 0 unspecified atom stereocenters. The molecule has 0 saturated heterocycles. The van der Waals surface area contributed by atoms with Crippen LogP contribution in [0.1, 0.15) is 18.7 Å². The van der Waals surface area contributed by atoms with E-state index in [9.17, 15) is 9.18 Å². The monoisotopic (exact) mass is 403 g/mol. The van der Waals surface area contributed by atoms with Gasteiger partial charge in [-0.1, -0.05) is 37.3 Å². The van der Waals surface area contributed by atoms with Crippen LogP contribution < -0.4 is 4.90 Å². The van der Waals surface area contributed by atoms with Crippen LogP contribution in [0.2, 0.25) is 0 Å². The molecule has 7 heteroatoms. The van der Waals surface area contributed by atoms with Gasteiger partial charge in [0.15, 0.2) is 5.13 Å². The molecule has 3 rings (SSSR count). The van der Waals surface area contributed by atoms with E-state index in [1.54, 1.807) is 28.4 Å². The fourth-order valence-electron chi connectivity index (χ4n) is 2.73. The summed E-state index contributed by atoms with van der Waals surface area (Å²) < 4.78 is 14.8. The van der Waals surface area contributed by atoms with Gasteiger partial charge in [0.1, 0.15) is 11.3 Å². The standard InChI is InChI=1S/C20H22FN3OS2/c1-3-23(4-2)12-13-24(18(25)11-10-15-7-6-14-26-15)20-22-19-16(21)8-5-9-17(19)27-20/h5-11,14H,3-4,12-13H2,1-2H3. The molecule has 0 aliphatic carbocycles. The molecule has 0 N–H and O–H groups in total. The van der Waals surface area contributed by atoms with Crippen molar-refractivity contribution in [3.63, 3.8) is 0 Å². The van der Waals surface area contributed by atoms with Gasteiger partial charge >= 0.3 is 0 Å². The Bertz CT molecular complexity index is 917. The van der Waals surface area contributed by atoms with Crippen LogP contribution in [0.25, 0.3) is 16.3 Å². The molecule has 0 aliphatic heterocycles. The molecule has 0 aliphatic rings. The minimum atomic E-state index is -0.361. The second-order valence-corrected chi connectivity index (χ2v) is 7.94. The maximum Gasteiger partial charge on any atom is 0.252 e. The van der Waals surface area contributed by atoms with Crippen molar-refractivity contribution in [3.8, 4) is 0 Å². The maximum atomic E-state index is 14.0. The van der Waals surface area contributed by atoms with E-state index in [-0.39, 0.29) is 11.7 Å². The Kier molecular flexibility index (Phi) is 6.71. The first kappa shape index (κ1) is 19.7. The van der Waals surface area contributed by atoms with Gasteiger partial charge in [0.25, 0.3) is 5.91 Å². The van der Waals surface area contributed by atoms with Crippen molar-refractivity contribution >= 4 is 50.0 Å². The van der Waals surface area contributed by atoms with Crippen LogP contribution in [-0.2, 0) is 4.79 Å². The second kappa shape index (κ2) is 9.21. The van der Waals surface area contributed by atoms with E-state index >= 15 is 0 Å². The third-order valence-corrected chi connectivity index (χ3v) is 6.20. The number of thiazole rings is 1. The number of hydrogen-bond acceptors (Lipinski definition) is 5. The lowest BCUT2D eigenvalue weighted by Crippen LogP contribution is -2.38. The van der Waals surface area contributed by atoms with E-state index in [1.807, 2.05) is 29.7 Å². The zero-order valence-electron chi connectivity index (χ0n) is 15.4. The molecule has 1 amide bonds. The maximum absolute atomic E-state index is 14.0. The van der Waals surface area contributed by atoms with Gasteiger partial charge in [0.2, 0.25) is 0 Å². The average molecular weight is 404 g/mol. The first-order valence-corrected chi connectivity index (χ1v) is 10.6. The minimum Gasteiger partial charge on any atom is -0.302 e. The van der Waals surface area contributed by atoms with Crippen molar-refractivity contribution in [2.24, 2.45) is 0 Å². The van der Waals surface area contributed by atoms with Crippen LogP contribution in [0.5, 0.6) is 0 Å². The summed E-state index contributed by atoms with van der Waals surface area (Å²) in [5.41, 5.74) is 0.320. The minimum absolute atomic E-state index is 0.143. The highest BCUT2D eigenvalue weighted by Gasteiger charge is 2.19. The number of aromatic nitrogens is 1. The summed E-state index contributed by atoms with van der Waals surface area (Å²) in [7, 11) is 0. The number of carbonyl (C=O) groups excluding carboxylic acids is 1. The topological polar surface area (TPSA) is 36.4 Å². The Hall–Kier alpha value is -2.09. The third kappa shape index (κ3) is 4.80. The van der Waals surface area contributed by atoms with Crippen molar-refractivity contribution in [2.45, 2.75) is 13.8 Å². The summed E-state index contributed by atoms with van der Waals surface area (Å²) in [5.74, 6) is -0.504. The molecular weight excluding hydrogens is 381 g/mol. The first-order chi connectivity index (χ1) is 13.1. The highest BCUT2D eigenvalue weighted by molar-refractivity contribution is 7.22. The summed E-state index contributed by atoms with van der Waals surface area (Å²) >= 11 is 2.92. The van der Waals surface area contributed by atoms with Crippen molar-refractivity contribution in [3.05, 3.63) is 52.5 Å². The molecule has 0 bridgehead atoms. The van der Waals surface area contributed by atoms with Crippen LogP contribution in [-0.4, -0.2) is 42.0 Å². The number of halogens is 1. The van der Waals surface area contributed by atoms with E-state index in [2.05, 4.69) is 23.7 Å². The number of rotatable bonds is 8. The summed E-state index contributed by atoms with van der Waals surface area (Å²) in [6, 6.07) is 8.79. The molecule has 2 aromatic heterocycles. The molecule has 0 fully saturated rings. The van der Waals surface area contributed by atoms with Gasteiger partial charge in [-0.05, 0) is 42.7 Å². The number of hydrogen-bond donors (Lipinski definition) is 0. The number of thiophene rings is 1. The quantitative estimate of drug-likeness (QED) is 0.503. The van der Waals surface area contributed by atoms with Gasteiger partial charge in [-0.15, -0.1) is 11.3 Å². The van der Waals surface area contributed by atoms with Gasteiger partial charge in [0, 0.05) is 24.0 Å². The van der Waals surface area contributed by atoms with Crippen molar-refractivity contribution < 1.29 is 9.18 Å². The molecule has 0 atom stereocenters. The number of fused-ring (bicyclic) bond motifs is 1. The number of nitrogens with zero attached hydrogens (tertiary/aromatic N) is 3. The molecule has 0 spiro atoms. The molecule has 4 nitrogen and oxygen atoms in total. The molecule has 142 valence electrons. The van der Waals surface area contributed by atoms with Crippen LogP contribution in [0.3, 0.4) is 0 Å². The summed E-state index contributed by atoms with van der Waals surface area (Å²) in [4.78, 5) is 22.2. The zero-order chi connectivity index (χ0) is 19.2. The number of anilines is 1. The lowest BCUT2D eigenvalue weighted by atomic mass is 10.3. The lowest BCUT2D eigenvalue weighted by molar-refractivity contribution is -0.114. The average Bonchev–Trinajstić information content (AvgIpc) is 3.33. The summed E-state index contributed by atoms with van der Waals surface area (Å²) in [5, 5.41) is 2.50. The molecule has 27 heavy (non-hydrogen) atoms. The Morgan fingerprint density at radius 2 is 2.00 bits per heavy atom. The van der Waals surface area contributed by atoms with Gasteiger partial charge in [-0.25, -0.2) is 9.37 Å². The molecule has 0 radical (unpaired) electrons. The fourth-order valence-corrected chi connectivity index (χ4v) is 4.36. The van der Waals surface area contributed by atoms with Gasteiger partial charge in [-0.2, -0.15) is 0 Å². The molecule has 3 aromatic rings. The predicted octanol–water partition coefficient (Wildman–Crippen LogP) is 4.89. The first-order valence-electron chi connectivity index (χ1n) is 8.92. The van der Waals surface area contributed by atoms with E-state index in [1.165, 1.54) is 17.4 Å². The molecular formula is C20H22FN3OS2. The normalized spacial score (nSPS) is 11.7. The Labute approximate surface area is 166 Å². The summed E-state index contributed by atoms with van der Waals surface area (Å²) in [6.07, 6.45) is 3.38. The zero-order valence-corrected chi connectivity index (χ0v) is 17.0. The van der Waals surface area contributed by atoms with E-state index in [4.69, 9.17) is 0 Å². The van der Waals surface area contributed by atoms with E-state index in [0.29, 0.717) is 17.2 Å². The van der Waals surface area contributed by atoms with Crippen LogP contribution >= 0.6 is 22.7 Å². The predicted molar refractivity (Wildman–Crippen MR) is 113 cm³/mol. The number of amides is 1. The molecule has 1 aromatic carbocycles. The largest absolute Gasteiger partial charge is 0.302 e. The molecule has 2 heterocycles. The number of likely N-dealkylation sites (N-methyl/N-ethyl adjacent to an activating group) is 1. The number of benzene rings is 1. The van der Waals surface area contributed by atoms with Gasteiger partial charge < -0.3 is 4.90 Å². The van der Waals surface area contributed by atoms with Crippen LogP contribution in [0, 0.1) is 5.82 Å². The lowest BCUT2D eigenvalue weighted by Gasteiger charge is -2.23. The van der Waals surface area contributed by atoms with Crippen molar-refractivity contribution in [2.75, 3.05) is 31.1 Å². The van der Waals surface area contributed by atoms with Crippen LogP contribution in [0.4, 0.5) is 9.52 Å². The number of para-hydroxylation sites is 1. The Balaban J connectivity index is 1.87. The SMILES string of the molecule is CCN(CC)CCN(C(=O)C=Cc1cccs1)c1nc2c(F)cccc2s1. The third-order valence-electron chi connectivity index (χ3n) is 4.32. The van der Waals surface area contributed by atoms with Crippen LogP contribution in [0.15, 0.2) is 41.8 Å². The smallest absolute Gasteiger partial charge is 0.252 e. The summed E-state index contributed by atoms with van der Waals surface area (Å²) in [6.45, 7) is 7.27. The van der Waals surface area contributed by atoms with Crippen molar-refractivity contribution in [1.82, 2.24) is 9.88 Å². The number of carbonyl (C=O) groups is 1. The Morgan fingerprint density at radius 3 is 2.67 bits per heavy atom. The highest BCUT2D eigenvalue weighted by atomic mass is 32.1. The fraction of sp³-hybridized carbons (Fsp3) is 0.300. The van der Waals surface area contributed by atoms with E-state index < -0.39 is 0 Å². The Morgan fingerprint density at radius 1 is 1.19 bits per heavy atom. The van der Waals surface area contributed by atoms with Gasteiger partial charge in [-0.3, -0.25) is 9.69 Å². The highest BCUT2D eigenvalue weighted by Crippen LogP contribution is 2.30. The van der Waals surface area contributed by atoms with Crippen molar-refractivity contribution in [1.29, 1.82) is 0 Å². The van der Waals surface area contributed by atoms with Gasteiger partial charge in [0.05, 0.1) is 4.70 Å². The second-order valence-electron chi connectivity index (χ2n) is 5.95.